The zero-order valence-electron chi connectivity index (χ0n) is 69.4. The molecule has 0 aromatic carbocycles. The molecular formula is C92H163NO18. The summed E-state index contributed by atoms with van der Waals surface area (Å²) in [4.78, 5) is 13.5. The fourth-order valence-electron chi connectivity index (χ4n) is 14.8. The van der Waals surface area contributed by atoms with Crippen molar-refractivity contribution in [3.63, 3.8) is 0 Å². The normalized spacial score (nSPS) is 25.5. The van der Waals surface area contributed by atoms with Gasteiger partial charge in [0.1, 0.15) is 73.2 Å². The number of hydrogen-bond acceptors (Lipinski definition) is 18. The van der Waals surface area contributed by atoms with Crippen LogP contribution >= 0.6 is 0 Å². The third-order valence-electron chi connectivity index (χ3n) is 21.9. The summed E-state index contributed by atoms with van der Waals surface area (Å²) in [7, 11) is 0. The van der Waals surface area contributed by atoms with E-state index in [0.29, 0.717) is 6.42 Å². The fourth-order valence-corrected chi connectivity index (χ4v) is 14.8. The lowest BCUT2D eigenvalue weighted by Gasteiger charge is -2.48. The van der Waals surface area contributed by atoms with E-state index >= 15 is 0 Å². The minimum atomic E-state index is -1.98. The quantitative estimate of drug-likeness (QED) is 0.0199. The van der Waals surface area contributed by atoms with Crippen LogP contribution in [0.5, 0.6) is 0 Å². The van der Waals surface area contributed by atoms with Crippen LogP contribution < -0.4 is 5.32 Å². The summed E-state index contributed by atoms with van der Waals surface area (Å²) in [5, 5.41) is 121. The predicted molar refractivity (Wildman–Crippen MR) is 447 cm³/mol. The lowest BCUT2D eigenvalue weighted by Crippen LogP contribution is -2.66. The van der Waals surface area contributed by atoms with Crippen molar-refractivity contribution in [2.45, 2.75) is 452 Å². The maximum Gasteiger partial charge on any atom is 0.220 e. The predicted octanol–water partition coefficient (Wildman–Crippen LogP) is 17.1. The number of unbranched alkanes of at least 4 members (excludes halogenated alkanes) is 42. The average Bonchev–Trinajstić information content (AvgIpc) is 0.779. The van der Waals surface area contributed by atoms with Crippen LogP contribution in [0.4, 0.5) is 0 Å². The zero-order valence-corrected chi connectivity index (χ0v) is 69.4. The maximum atomic E-state index is 13.5. The number of hydrogen-bond donors (Lipinski definition) is 12. The summed E-state index contributed by atoms with van der Waals surface area (Å²) < 4.78 is 34.5. The van der Waals surface area contributed by atoms with Gasteiger partial charge in [0.05, 0.1) is 38.6 Å². The Bertz CT molecular complexity index is 2380. The summed E-state index contributed by atoms with van der Waals surface area (Å²) >= 11 is 0. The Labute approximate surface area is 673 Å². The van der Waals surface area contributed by atoms with Crippen LogP contribution in [0.2, 0.25) is 0 Å². The molecule has 0 bridgehead atoms. The smallest absolute Gasteiger partial charge is 0.220 e. The number of amides is 1. The van der Waals surface area contributed by atoms with E-state index < -0.39 is 124 Å². The maximum absolute atomic E-state index is 13.5. The van der Waals surface area contributed by atoms with E-state index in [2.05, 4.69) is 104 Å². The molecule has 0 spiro atoms. The average molecular weight is 1570 g/mol. The van der Waals surface area contributed by atoms with Gasteiger partial charge in [-0.2, -0.15) is 0 Å². The SMILES string of the molecule is CC/C=C\C/C=C\C/C=C\C/C=C\C/C=C\C/C=C\C/C=C\CCCCCCCCCCCCCCCCCC(=O)NC(COC1OC(CO)C(OC2OC(CO)C(OC3OC(CO)C(O)C(O)C3O)C(O)C2O)C(O)C1O)C(O)/C=C/CCCCCCCCCCCCCCCCCCCCCCCCCCCCC. The Morgan fingerprint density at radius 2 is 0.622 bits per heavy atom. The van der Waals surface area contributed by atoms with Crippen LogP contribution in [-0.4, -0.2) is 193 Å². The van der Waals surface area contributed by atoms with Crippen molar-refractivity contribution in [2.24, 2.45) is 0 Å². The lowest BCUT2D eigenvalue weighted by atomic mass is 9.96. The standard InChI is InChI=1S/C92H163NO18/c1-3-5-7-9-11-13-15-17-19-21-23-25-27-29-31-33-34-35-36-37-38-39-40-42-44-46-48-50-52-54-56-58-60-62-64-66-68-70-80(98)93-75(76(97)69-67-65-63-61-59-57-55-53-51-49-47-45-43-41-32-30-28-26-24-22-20-18-16-14-12-10-8-6-4-2)74-106-90-86(104)83(101)88(78(72-95)108-90)111-92-87(105)84(102)89(79(73-96)109-92)110-91-85(103)82(100)81(99)77(71-94)107-91/h5,7,11,13,17,19,23,25,29,31,34-35,37-38,67,69,75-79,81-92,94-97,99-105H,3-4,6,8-10,12,14-16,18,20-22,24,26-28,30,32-33,36,39-66,68,70-74H2,1-2H3,(H,93,98)/b7-5-,13-11-,19-17-,25-23-,31-29-,35-34-,38-37-,69-67+. The molecule has 1 amide bonds. The Balaban J connectivity index is 1.33. The first-order valence-electron chi connectivity index (χ1n) is 45.0. The van der Waals surface area contributed by atoms with E-state index in [1.807, 2.05) is 6.08 Å². The molecule has 0 aromatic heterocycles. The van der Waals surface area contributed by atoms with Crippen molar-refractivity contribution < 1.29 is 89.4 Å². The number of aliphatic hydroxyl groups is 11. The van der Waals surface area contributed by atoms with Crippen molar-refractivity contribution >= 4 is 5.91 Å². The summed E-state index contributed by atoms with van der Waals surface area (Å²) in [6.45, 7) is 1.67. The Hall–Kier alpha value is -3.29. The van der Waals surface area contributed by atoms with E-state index in [1.54, 1.807) is 6.08 Å². The van der Waals surface area contributed by atoms with Crippen LogP contribution in [0, 0.1) is 0 Å². The number of aliphatic hydroxyl groups excluding tert-OH is 11. The summed E-state index contributed by atoms with van der Waals surface area (Å²) in [6.07, 6.45) is 71.2. The highest BCUT2D eigenvalue weighted by Crippen LogP contribution is 2.33. The highest BCUT2D eigenvalue weighted by molar-refractivity contribution is 5.76. The van der Waals surface area contributed by atoms with Crippen LogP contribution in [0.25, 0.3) is 0 Å². The van der Waals surface area contributed by atoms with Gasteiger partial charge < -0.3 is 89.9 Å². The lowest BCUT2D eigenvalue weighted by molar-refractivity contribution is -0.379. The van der Waals surface area contributed by atoms with Gasteiger partial charge in [0.2, 0.25) is 5.91 Å². The van der Waals surface area contributed by atoms with Crippen LogP contribution in [0.1, 0.15) is 348 Å². The molecule has 17 unspecified atom stereocenters. The van der Waals surface area contributed by atoms with Crippen LogP contribution in [0.15, 0.2) is 97.2 Å². The van der Waals surface area contributed by atoms with Gasteiger partial charge in [-0.15, -0.1) is 0 Å². The van der Waals surface area contributed by atoms with Crippen molar-refractivity contribution in [3.8, 4) is 0 Å². The van der Waals surface area contributed by atoms with Crippen molar-refractivity contribution in [1.82, 2.24) is 5.32 Å². The third kappa shape index (κ3) is 49.5. The second-order valence-electron chi connectivity index (χ2n) is 31.7. The molecule has 3 fully saturated rings. The van der Waals surface area contributed by atoms with E-state index in [0.717, 1.165) is 96.3 Å². The number of carbonyl (C=O) groups is 1. The highest BCUT2D eigenvalue weighted by Gasteiger charge is 2.54. The van der Waals surface area contributed by atoms with Crippen molar-refractivity contribution in [3.05, 3.63) is 97.2 Å². The molecule has 0 radical (unpaired) electrons. The van der Waals surface area contributed by atoms with Gasteiger partial charge in [-0.3, -0.25) is 4.79 Å². The molecule has 12 N–H and O–H groups in total. The molecule has 3 aliphatic rings. The van der Waals surface area contributed by atoms with Crippen LogP contribution in [-0.2, 0) is 33.2 Å². The Kier molecular flexibility index (Phi) is 65.1. The largest absolute Gasteiger partial charge is 0.394 e. The van der Waals surface area contributed by atoms with E-state index in [9.17, 15) is 61.0 Å². The molecular weight excluding hydrogens is 1410 g/mol. The summed E-state index contributed by atoms with van der Waals surface area (Å²) in [6, 6.07) is -0.980. The molecule has 3 aliphatic heterocycles. The number of rotatable bonds is 72. The van der Waals surface area contributed by atoms with Gasteiger partial charge in [0.15, 0.2) is 18.9 Å². The first-order valence-corrected chi connectivity index (χ1v) is 45.0. The molecule has 0 aromatic rings. The van der Waals surface area contributed by atoms with Crippen molar-refractivity contribution in [1.29, 1.82) is 0 Å². The first-order chi connectivity index (χ1) is 54.3. The Morgan fingerprint density at radius 3 is 0.973 bits per heavy atom. The molecule has 0 saturated carbocycles. The summed E-state index contributed by atoms with van der Waals surface area (Å²) in [5.41, 5.74) is 0. The van der Waals surface area contributed by atoms with Crippen molar-refractivity contribution in [2.75, 3.05) is 26.4 Å². The van der Waals surface area contributed by atoms with Gasteiger partial charge in [-0.05, 0) is 77.0 Å². The van der Waals surface area contributed by atoms with Gasteiger partial charge in [0.25, 0.3) is 0 Å². The van der Waals surface area contributed by atoms with E-state index in [-0.39, 0.29) is 18.9 Å². The fraction of sp³-hybridized carbons (Fsp3) is 0.815. The minimum absolute atomic E-state index is 0.240. The number of ether oxygens (including phenoxy) is 6. The Morgan fingerprint density at radius 1 is 0.333 bits per heavy atom. The molecule has 17 atom stereocenters. The molecule has 3 rings (SSSR count). The number of allylic oxidation sites excluding steroid dienone is 15. The monoisotopic (exact) mass is 1570 g/mol. The molecule has 19 heteroatoms. The van der Waals surface area contributed by atoms with Gasteiger partial charge in [-0.1, -0.05) is 361 Å². The molecule has 3 heterocycles. The van der Waals surface area contributed by atoms with E-state index in [4.69, 9.17) is 28.4 Å². The van der Waals surface area contributed by atoms with Gasteiger partial charge in [0, 0.05) is 6.42 Å². The topological polar surface area (TPSA) is 307 Å². The summed E-state index contributed by atoms with van der Waals surface area (Å²) in [5.74, 6) is -0.274. The molecule has 644 valence electrons. The second-order valence-corrected chi connectivity index (χ2v) is 31.7. The number of nitrogens with one attached hydrogen (secondary N) is 1. The van der Waals surface area contributed by atoms with Gasteiger partial charge >= 0.3 is 0 Å². The molecule has 111 heavy (non-hydrogen) atoms. The number of carbonyl (C=O) groups excluding carboxylic acids is 1. The second kappa shape index (κ2) is 70.9. The zero-order chi connectivity index (χ0) is 80.3. The van der Waals surface area contributed by atoms with E-state index in [1.165, 1.54) is 225 Å². The molecule has 3 saturated heterocycles. The minimum Gasteiger partial charge on any atom is -0.394 e. The van der Waals surface area contributed by atoms with Gasteiger partial charge in [-0.25, -0.2) is 0 Å². The van der Waals surface area contributed by atoms with Crippen LogP contribution in [0.3, 0.4) is 0 Å². The molecule has 0 aliphatic carbocycles. The molecule has 19 nitrogen and oxygen atoms in total. The highest BCUT2D eigenvalue weighted by atomic mass is 16.8. The first kappa shape index (κ1) is 102. The third-order valence-corrected chi connectivity index (χ3v) is 21.9.